The molecule has 2 N–H and O–H groups in total. The summed E-state index contributed by atoms with van der Waals surface area (Å²) in [5, 5.41) is 6.15. The fourth-order valence-corrected chi connectivity index (χ4v) is 1.91. The zero-order valence-corrected chi connectivity index (χ0v) is 10.0. The van der Waals surface area contributed by atoms with Gasteiger partial charge in [-0.05, 0) is 25.7 Å². The van der Waals surface area contributed by atoms with Gasteiger partial charge in [-0.3, -0.25) is 4.79 Å². The van der Waals surface area contributed by atoms with E-state index in [2.05, 4.69) is 24.5 Å². The van der Waals surface area contributed by atoms with Gasteiger partial charge in [-0.25, -0.2) is 0 Å². The summed E-state index contributed by atoms with van der Waals surface area (Å²) in [5.74, 6) is 1.03. The van der Waals surface area contributed by atoms with E-state index in [-0.39, 0.29) is 5.91 Å². The van der Waals surface area contributed by atoms with E-state index >= 15 is 0 Å². The van der Waals surface area contributed by atoms with Gasteiger partial charge in [0.1, 0.15) is 0 Å². The fourth-order valence-electron chi connectivity index (χ4n) is 1.91. The average molecular weight is 212 g/mol. The van der Waals surface area contributed by atoms with Crippen molar-refractivity contribution in [2.75, 3.05) is 13.1 Å². The Balaban J connectivity index is 1.99. The number of hydrogen-bond acceptors (Lipinski definition) is 2. The lowest BCUT2D eigenvalue weighted by atomic mass is 9.81. The summed E-state index contributed by atoms with van der Waals surface area (Å²) in [5.41, 5.74) is 0. The van der Waals surface area contributed by atoms with Gasteiger partial charge in [0.2, 0.25) is 5.91 Å². The molecule has 15 heavy (non-hydrogen) atoms. The minimum absolute atomic E-state index is 0.123. The third kappa shape index (κ3) is 5.17. The van der Waals surface area contributed by atoms with E-state index in [0.29, 0.717) is 12.6 Å². The standard InChI is InChI=1S/C12H24N2O/c1-3-7-13-12(15)9-14-10(2)8-11-5-4-6-11/h10-11,14H,3-9H2,1-2H3,(H,13,15). The highest BCUT2D eigenvalue weighted by molar-refractivity contribution is 5.77. The van der Waals surface area contributed by atoms with Gasteiger partial charge in [0.25, 0.3) is 0 Å². The molecule has 3 heteroatoms. The number of carbonyl (C=O) groups excluding carboxylic acids is 1. The van der Waals surface area contributed by atoms with E-state index in [4.69, 9.17) is 0 Å². The molecule has 0 aromatic rings. The molecule has 1 aliphatic rings. The number of amides is 1. The first-order valence-corrected chi connectivity index (χ1v) is 6.22. The molecule has 1 aliphatic carbocycles. The normalized spacial score (nSPS) is 18.3. The van der Waals surface area contributed by atoms with Gasteiger partial charge < -0.3 is 10.6 Å². The van der Waals surface area contributed by atoms with Crippen LogP contribution in [0.1, 0.15) is 46.0 Å². The quantitative estimate of drug-likeness (QED) is 0.674. The molecule has 1 atom stereocenters. The Hall–Kier alpha value is -0.570. The summed E-state index contributed by atoms with van der Waals surface area (Å²) in [6.45, 7) is 5.49. The molecule has 1 rings (SSSR count). The minimum Gasteiger partial charge on any atom is -0.355 e. The van der Waals surface area contributed by atoms with E-state index in [1.807, 2.05) is 0 Å². The van der Waals surface area contributed by atoms with Crippen LogP contribution < -0.4 is 10.6 Å². The van der Waals surface area contributed by atoms with Crippen LogP contribution in [0.15, 0.2) is 0 Å². The lowest BCUT2D eigenvalue weighted by Crippen LogP contribution is -2.39. The van der Waals surface area contributed by atoms with Crippen LogP contribution in [0, 0.1) is 5.92 Å². The number of nitrogens with one attached hydrogen (secondary N) is 2. The molecule has 0 aromatic carbocycles. The van der Waals surface area contributed by atoms with Crippen LogP contribution >= 0.6 is 0 Å². The molecule has 0 radical (unpaired) electrons. The molecule has 3 nitrogen and oxygen atoms in total. The molecule has 1 amide bonds. The Morgan fingerprint density at radius 1 is 1.47 bits per heavy atom. The van der Waals surface area contributed by atoms with Gasteiger partial charge in [-0.15, -0.1) is 0 Å². The molecule has 0 heterocycles. The Kier molecular flexibility index (Phi) is 5.69. The van der Waals surface area contributed by atoms with Crippen molar-refractivity contribution in [2.45, 2.75) is 52.0 Å². The molecule has 88 valence electrons. The highest BCUT2D eigenvalue weighted by atomic mass is 16.1. The fraction of sp³-hybridized carbons (Fsp3) is 0.917. The zero-order chi connectivity index (χ0) is 11.1. The second-order valence-corrected chi connectivity index (χ2v) is 4.66. The van der Waals surface area contributed by atoms with E-state index in [0.717, 1.165) is 18.9 Å². The zero-order valence-electron chi connectivity index (χ0n) is 10.0. The van der Waals surface area contributed by atoms with Crippen LogP contribution in [-0.2, 0) is 4.79 Å². The van der Waals surface area contributed by atoms with Crippen LogP contribution in [-0.4, -0.2) is 25.0 Å². The first-order chi connectivity index (χ1) is 7.22. The maximum Gasteiger partial charge on any atom is 0.233 e. The number of hydrogen-bond donors (Lipinski definition) is 2. The highest BCUT2D eigenvalue weighted by Crippen LogP contribution is 2.30. The van der Waals surface area contributed by atoms with E-state index in [9.17, 15) is 4.79 Å². The van der Waals surface area contributed by atoms with Crippen molar-refractivity contribution in [3.63, 3.8) is 0 Å². The minimum atomic E-state index is 0.123. The molecule has 0 bridgehead atoms. The lowest BCUT2D eigenvalue weighted by molar-refractivity contribution is -0.120. The molecule has 1 fully saturated rings. The van der Waals surface area contributed by atoms with Gasteiger partial charge in [-0.1, -0.05) is 26.2 Å². The SMILES string of the molecule is CCCNC(=O)CNC(C)CC1CCC1. The summed E-state index contributed by atoms with van der Waals surface area (Å²) in [6.07, 6.45) is 6.39. The van der Waals surface area contributed by atoms with E-state index in [1.165, 1.54) is 25.7 Å². The smallest absolute Gasteiger partial charge is 0.233 e. The van der Waals surface area contributed by atoms with Crippen LogP contribution in [0.5, 0.6) is 0 Å². The van der Waals surface area contributed by atoms with Crippen molar-refractivity contribution in [1.82, 2.24) is 10.6 Å². The second-order valence-electron chi connectivity index (χ2n) is 4.66. The van der Waals surface area contributed by atoms with Crippen molar-refractivity contribution >= 4 is 5.91 Å². The summed E-state index contributed by atoms with van der Waals surface area (Å²) in [4.78, 5) is 11.3. The lowest BCUT2D eigenvalue weighted by Gasteiger charge is -2.28. The Morgan fingerprint density at radius 2 is 2.20 bits per heavy atom. The summed E-state index contributed by atoms with van der Waals surface area (Å²) < 4.78 is 0. The van der Waals surface area contributed by atoms with Crippen LogP contribution in [0.25, 0.3) is 0 Å². The molecule has 1 saturated carbocycles. The van der Waals surface area contributed by atoms with Crippen molar-refractivity contribution < 1.29 is 4.79 Å². The van der Waals surface area contributed by atoms with Crippen LogP contribution in [0.3, 0.4) is 0 Å². The number of carbonyl (C=O) groups is 1. The first-order valence-electron chi connectivity index (χ1n) is 6.22. The maximum absolute atomic E-state index is 11.3. The van der Waals surface area contributed by atoms with Gasteiger partial charge >= 0.3 is 0 Å². The first kappa shape index (κ1) is 12.5. The molecule has 0 spiro atoms. The topological polar surface area (TPSA) is 41.1 Å². The predicted octanol–water partition coefficient (Wildman–Crippen LogP) is 1.68. The largest absolute Gasteiger partial charge is 0.355 e. The van der Waals surface area contributed by atoms with Crippen LogP contribution in [0.2, 0.25) is 0 Å². The third-order valence-electron chi connectivity index (χ3n) is 3.09. The molecule has 0 aliphatic heterocycles. The highest BCUT2D eigenvalue weighted by Gasteiger charge is 2.19. The monoisotopic (exact) mass is 212 g/mol. The van der Waals surface area contributed by atoms with Crippen molar-refractivity contribution in [2.24, 2.45) is 5.92 Å². The van der Waals surface area contributed by atoms with Crippen LogP contribution in [0.4, 0.5) is 0 Å². The Morgan fingerprint density at radius 3 is 2.73 bits per heavy atom. The molecule has 0 aromatic heterocycles. The summed E-state index contributed by atoms with van der Waals surface area (Å²) in [6, 6.07) is 0.475. The molecular weight excluding hydrogens is 188 g/mol. The molecule has 1 unspecified atom stereocenters. The van der Waals surface area contributed by atoms with Crippen molar-refractivity contribution in [3.05, 3.63) is 0 Å². The predicted molar refractivity (Wildman–Crippen MR) is 62.7 cm³/mol. The van der Waals surface area contributed by atoms with Crippen molar-refractivity contribution in [1.29, 1.82) is 0 Å². The second kappa shape index (κ2) is 6.83. The van der Waals surface area contributed by atoms with E-state index in [1.54, 1.807) is 0 Å². The van der Waals surface area contributed by atoms with E-state index < -0.39 is 0 Å². The summed E-state index contributed by atoms with van der Waals surface area (Å²) >= 11 is 0. The molecule has 0 saturated heterocycles. The number of rotatable bonds is 7. The van der Waals surface area contributed by atoms with Gasteiger partial charge in [0.05, 0.1) is 6.54 Å². The Bertz CT molecular complexity index is 190. The van der Waals surface area contributed by atoms with Crippen molar-refractivity contribution in [3.8, 4) is 0 Å². The van der Waals surface area contributed by atoms with Gasteiger partial charge in [0.15, 0.2) is 0 Å². The van der Waals surface area contributed by atoms with Gasteiger partial charge in [-0.2, -0.15) is 0 Å². The summed E-state index contributed by atoms with van der Waals surface area (Å²) in [7, 11) is 0. The maximum atomic E-state index is 11.3. The Labute approximate surface area is 93.0 Å². The third-order valence-corrected chi connectivity index (χ3v) is 3.09. The van der Waals surface area contributed by atoms with Gasteiger partial charge in [0, 0.05) is 12.6 Å². The average Bonchev–Trinajstić information content (AvgIpc) is 2.17. The molecular formula is C12H24N2O.